The molecule has 22 heavy (non-hydrogen) atoms. The molecule has 1 aromatic heterocycles. The fourth-order valence-electron chi connectivity index (χ4n) is 1.99. The van der Waals surface area contributed by atoms with Crippen LogP contribution in [-0.4, -0.2) is 41.6 Å². The molecule has 0 amide bonds. The zero-order chi connectivity index (χ0) is 15.4. The standard InChI is InChI=1S/C15H14N4O3/c1-21-14-6-11(2-5-17-14)9-22-15(20)13-8-19-10-16-4-3-12(19)7-18-13/h2-8,10,12H,9H2,1H3. The Hall–Kier alpha value is -2.96. The molecule has 1 unspecified atom stereocenters. The first-order valence-electron chi connectivity index (χ1n) is 6.66. The highest BCUT2D eigenvalue weighted by Gasteiger charge is 2.20. The van der Waals surface area contributed by atoms with Crippen LogP contribution >= 0.6 is 0 Å². The Labute approximate surface area is 127 Å². The van der Waals surface area contributed by atoms with Crippen LogP contribution < -0.4 is 4.74 Å². The highest BCUT2D eigenvalue weighted by molar-refractivity contribution is 5.92. The van der Waals surface area contributed by atoms with Gasteiger partial charge in [-0.25, -0.2) is 19.8 Å². The number of hydrogen-bond acceptors (Lipinski definition) is 7. The predicted octanol–water partition coefficient (Wildman–Crippen LogP) is 1.29. The van der Waals surface area contributed by atoms with E-state index in [-0.39, 0.29) is 18.3 Å². The van der Waals surface area contributed by atoms with E-state index in [1.54, 1.807) is 48.2 Å². The van der Waals surface area contributed by atoms with Crippen LogP contribution in [0.4, 0.5) is 0 Å². The van der Waals surface area contributed by atoms with Crippen LogP contribution in [0, 0.1) is 0 Å². The molecular weight excluding hydrogens is 284 g/mol. The summed E-state index contributed by atoms with van der Waals surface area (Å²) in [5.74, 6) is -0.0176. The molecule has 2 aliphatic rings. The second-order valence-corrected chi connectivity index (χ2v) is 4.62. The minimum absolute atomic E-state index is 0.00138. The number of hydrogen-bond donors (Lipinski definition) is 0. The van der Waals surface area contributed by atoms with Gasteiger partial charge in [0.1, 0.15) is 6.61 Å². The maximum Gasteiger partial charge on any atom is 0.358 e. The molecule has 0 saturated carbocycles. The average Bonchev–Trinajstić information content (AvgIpc) is 2.59. The van der Waals surface area contributed by atoms with Gasteiger partial charge in [-0.1, -0.05) is 0 Å². The van der Waals surface area contributed by atoms with Crippen molar-refractivity contribution in [3.63, 3.8) is 0 Å². The Bertz CT molecular complexity index is 694. The Balaban J connectivity index is 1.62. The van der Waals surface area contributed by atoms with Gasteiger partial charge in [-0.2, -0.15) is 0 Å². The SMILES string of the molecule is COc1cc(COC(=O)C2=CN3C=NC=CC3C=N2)ccn1. The van der Waals surface area contributed by atoms with Crippen molar-refractivity contribution in [2.24, 2.45) is 9.98 Å². The van der Waals surface area contributed by atoms with Crippen molar-refractivity contribution < 1.29 is 14.3 Å². The van der Waals surface area contributed by atoms with Crippen LogP contribution in [0.5, 0.6) is 5.88 Å². The molecule has 1 atom stereocenters. The van der Waals surface area contributed by atoms with E-state index in [1.807, 2.05) is 6.08 Å². The van der Waals surface area contributed by atoms with Crippen LogP contribution in [0.2, 0.25) is 0 Å². The molecule has 0 fully saturated rings. The summed E-state index contributed by atoms with van der Waals surface area (Å²) in [5.41, 5.74) is 1.03. The van der Waals surface area contributed by atoms with E-state index >= 15 is 0 Å². The van der Waals surface area contributed by atoms with Crippen molar-refractivity contribution in [3.05, 3.63) is 48.1 Å². The Morgan fingerprint density at radius 2 is 2.36 bits per heavy atom. The zero-order valence-electron chi connectivity index (χ0n) is 11.9. The molecule has 0 bridgehead atoms. The molecule has 0 aliphatic carbocycles. The van der Waals surface area contributed by atoms with Crippen molar-refractivity contribution in [2.45, 2.75) is 12.6 Å². The van der Waals surface area contributed by atoms with Crippen LogP contribution in [0.3, 0.4) is 0 Å². The topological polar surface area (TPSA) is 76.4 Å². The molecule has 7 nitrogen and oxygen atoms in total. The third kappa shape index (κ3) is 3.03. The summed E-state index contributed by atoms with van der Waals surface area (Å²) in [6, 6.07) is 3.47. The maximum atomic E-state index is 12.1. The number of aromatic nitrogens is 1. The molecular formula is C15H14N4O3. The number of fused-ring (bicyclic) bond motifs is 1. The molecule has 3 rings (SSSR count). The van der Waals surface area contributed by atoms with E-state index in [0.29, 0.717) is 5.88 Å². The molecule has 7 heteroatoms. The number of carbonyl (C=O) groups excluding carboxylic acids is 1. The minimum atomic E-state index is -0.492. The van der Waals surface area contributed by atoms with E-state index in [0.717, 1.165) is 5.56 Å². The normalized spacial score (nSPS) is 18.7. The first-order chi connectivity index (χ1) is 10.8. The highest BCUT2D eigenvalue weighted by atomic mass is 16.5. The molecule has 2 aliphatic heterocycles. The molecule has 0 radical (unpaired) electrons. The number of pyridine rings is 1. The summed E-state index contributed by atoms with van der Waals surface area (Å²) in [6.45, 7) is 0.127. The Morgan fingerprint density at radius 1 is 1.45 bits per heavy atom. The lowest BCUT2D eigenvalue weighted by atomic mass is 10.2. The van der Waals surface area contributed by atoms with Crippen LogP contribution in [-0.2, 0) is 16.1 Å². The second-order valence-electron chi connectivity index (χ2n) is 4.62. The zero-order valence-corrected chi connectivity index (χ0v) is 11.9. The molecule has 0 saturated heterocycles. The van der Waals surface area contributed by atoms with E-state index < -0.39 is 5.97 Å². The van der Waals surface area contributed by atoms with Gasteiger partial charge in [0.2, 0.25) is 5.88 Å². The maximum absolute atomic E-state index is 12.1. The van der Waals surface area contributed by atoms with E-state index in [4.69, 9.17) is 9.47 Å². The van der Waals surface area contributed by atoms with Crippen molar-refractivity contribution in [2.75, 3.05) is 7.11 Å². The number of aliphatic imine (C=N–C) groups is 2. The van der Waals surface area contributed by atoms with E-state index in [9.17, 15) is 4.79 Å². The minimum Gasteiger partial charge on any atom is -0.481 e. The first-order valence-corrected chi connectivity index (χ1v) is 6.66. The summed E-state index contributed by atoms with van der Waals surface area (Å²) < 4.78 is 10.3. The quantitative estimate of drug-likeness (QED) is 0.783. The lowest BCUT2D eigenvalue weighted by Crippen LogP contribution is -2.34. The number of rotatable bonds is 4. The van der Waals surface area contributed by atoms with Crippen LogP contribution in [0.1, 0.15) is 5.56 Å². The van der Waals surface area contributed by atoms with Crippen LogP contribution in [0.25, 0.3) is 0 Å². The van der Waals surface area contributed by atoms with Gasteiger partial charge in [-0.05, 0) is 17.7 Å². The van der Waals surface area contributed by atoms with Crippen molar-refractivity contribution in [1.82, 2.24) is 9.88 Å². The summed E-state index contributed by atoms with van der Waals surface area (Å²) in [7, 11) is 1.53. The number of carbonyl (C=O) groups is 1. The smallest absolute Gasteiger partial charge is 0.358 e. The molecule has 112 valence electrons. The van der Waals surface area contributed by atoms with Crippen LogP contribution in [0.15, 0.2) is 52.5 Å². The van der Waals surface area contributed by atoms with Crippen molar-refractivity contribution in [1.29, 1.82) is 0 Å². The van der Waals surface area contributed by atoms with E-state index in [1.165, 1.54) is 7.11 Å². The van der Waals surface area contributed by atoms with Gasteiger partial charge in [0.25, 0.3) is 0 Å². The van der Waals surface area contributed by atoms with Gasteiger partial charge >= 0.3 is 5.97 Å². The first kappa shape index (κ1) is 14.0. The number of methoxy groups -OCH3 is 1. The lowest BCUT2D eigenvalue weighted by Gasteiger charge is -2.26. The fraction of sp³-hybridized carbons (Fsp3) is 0.200. The molecule has 3 heterocycles. The molecule has 0 aromatic carbocycles. The van der Waals surface area contributed by atoms with Gasteiger partial charge in [0.15, 0.2) is 5.70 Å². The van der Waals surface area contributed by atoms with Gasteiger partial charge < -0.3 is 14.4 Å². The molecule has 1 aromatic rings. The van der Waals surface area contributed by atoms with Gasteiger partial charge in [0.05, 0.1) is 19.5 Å². The average molecular weight is 298 g/mol. The predicted molar refractivity (Wildman–Crippen MR) is 80.4 cm³/mol. The number of nitrogens with zero attached hydrogens (tertiary/aromatic N) is 4. The summed E-state index contributed by atoms with van der Waals surface area (Å²) in [5, 5.41) is 0. The second kappa shape index (κ2) is 6.21. The van der Waals surface area contributed by atoms with Crippen molar-refractivity contribution in [3.8, 4) is 5.88 Å². The number of esters is 1. The Kier molecular flexibility index (Phi) is 3.95. The molecule has 0 spiro atoms. The Morgan fingerprint density at radius 3 is 3.23 bits per heavy atom. The van der Waals surface area contributed by atoms with Gasteiger partial charge in [-0.3, -0.25) is 0 Å². The highest BCUT2D eigenvalue weighted by Crippen LogP contribution is 2.15. The third-order valence-electron chi connectivity index (χ3n) is 3.14. The lowest BCUT2D eigenvalue weighted by molar-refractivity contribution is -0.140. The van der Waals surface area contributed by atoms with E-state index in [2.05, 4.69) is 15.0 Å². The van der Waals surface area contributed by atoms with Gasteiger partial charge in [0, 0.05) is 30.9 Å². The summed E-state index contributed by atoms with van der Waals surface area (Å²) in [6.07, 6.45) is 10.1. The van der Waals surface area contributed by atoms with Gasteiger partial charge in [-0.15, -0.1) is 0 Å². The number of ether oxygens (including phenoxy) is 2. The monoisotopic (exact) mass is 298 g/mol. The largest absolute Gasteiger partial charge is 0.481 e. The third-order valence-corrected chi connectivity index (χ3v) is 3.14. The summed E-state index contributed by atoms with van der Waals surface area (Å²) >= 11 is 0. The summed E-state index contributed by atoms with van der Waals surface area (Å²) in [4.78, 5) is 26.0. The van der Waals surface area contributed by atoms with Crippen molar-refractivity contribution >= 4 is 18.5 Å². The fourth-order valence-corrected chi connectivity index (χ4v) is 1.99. The molecule has 0 N–H and O–H groups in total.